The average molecular weight is 364 g/mol. The second kappa shape index (κ2) is 11.3. The summed E-state index contributed by atoms with van der Waals surface area (Å²) in [5.74, 6) is 0.695. The van der Waals surface area contributed by atoms with Gasteiger partial charge in [0, 0.05) is 30.1 Å². The second-order valence-electron chi connectivity index (χ2n) is 4.20. The zero-order valence-electron chi connectivity index (χ0n) is 12.1. The maximum absolute atomic E-state index is 11.6. The van der Waals surface area contributed by atoms with Gasteiger partial charge in [-0.05, 0) is 19.2 Å². The van der Waals surface area contributed by atoms with E-state index in [2.05, 4.69) is 15.6 Å². The first-order valence-corrected chi connectivity index (χ1v) is 7.26. The van der Waals surface area contributed by atoms with Crippen LogP contribution in [0.15, 0.2) is 35.2 Å². The van der Waals surface area contributed by atoms with Gasteiger partial charge in [0.05, 0.1) is 11.2 Å². The van der Waals surface area contributed by atoms with E-state index in [1.807, 2.05) is 36.7 Å². The lowest BCUT2D eigenvalue weighted by molar-refractivity contribution is -0.116. The molecule has 1 amide bonds. The smallest absolute Gasteiger partial charge is 0.225 e. The third kappa shape index (κ3) is 7.09. The van der Waals surface area contributed by atoms with Crippen LogP contribution >= 0.6 is 36.2 Å². The summed E-state index contributed by atoms with van der Waals surface area (Å²) in [5, 5.41) is 7.73. The van der Waals surface area contributed by atoms with Crippen molar-refractivity contribution in [3.8, 4) is 5.75 Å². The van der Waals surface area contributed by atoms with Gasteiger partial charge in [-0.2, -0.15) is 0 Å². The van der Waals surface area contributed by atoms with Gasteiger partial charge in [-0.15, -0.1) is 36.2 Å². The number of nitrogens with one attached hydrogen (secondary N) is 2. The lowest BCUT2D eigenvalue weighted by Gasteiger charge is -2.08. The van der Waals surface area contributed by atoms with Gasteiger partial charge in [0.25, 0.3) is 0 Å². The normalized spacial score (nSPS) is 9.32. The van der Waals surface area contributed by atoms with Crippen molar-refractivity contribution < 1.29 is 9.53 Å². The van der Waals surface area contributed by atoms with Crippen molar-refractivity contribution >= 4 is 47.7 Å². The number of benzene rings is 1. The first-order chi connectivity index (χ1) is 9.78. The molecule has 0 unspecified atom stereocenters. The Kier molecular flexibility index (Phi) is 10.6. The van der Waals surface area contributed by atoms with Crippen LogP contribution in [0.25, 0.3) is 0 Å². The number of thiazole rings is 1. The number of carbonyl (C=O) groups excluding carboxylic acids is 1. The Morgan fingerprint density at radius 1 is 1.36 bits per heavy atom. The Morgan fingerprint density at radius 2 is 2.18 bits per heavy atom. The van der Waals surface area contributed by atoms with Gasteiger partial charge in [-0.3, -0.25) is 4.79 Å². The molecule has 22 heavy (non-hydrogen) atoms. The molecule has 0 aliphatic rings. The van der Waals surface area contributed by atoms with Crippen LogP contribution in [0.3, 0.4) is 0 Å². The number of anilines is 1. The molecule has 2 rings (SSSR count). The van der Waals surface area contributed by atoms with Crippen LogP contribution in [0.5, 0.6) is 5.75 Å². The molecule has 0 aliphatic heterocycles. The van der Waals surface area contributed by atoms with E-state index in [1.165, 1.54) is 11.3 Å². The van der Waals surface area contributed by atoms with Crippen LogP contribution < -0.4 is 15.4 Å². The lowest BCUT2D eigenvalue weighted by Crippen LogP contribution is -2.18. The Labute approximate surface area is 146 Å². The number of carbonyl (C=O) groups is 1. The Hall–Kier alpha value is -1.34. The molecule has 1 aromatic heterocycles. The topological polar surface area (TPSA) is 63.2 Å². The molecule has 8 heteroatoms. The molecule has 2 aromatic rings. The van der Waals surface area contributed by atoms with Gasteiger partial charge in [0.15, 0.2) is 0 Å². The van der Waals surface area contributed by atoms with E-state index < -0.39 is 0 Å². The van der Waals surface area contributed by atoms with E-state index >= 15 is 0 Å². The average Bonchev–Trinajstić information content (AvgIpc) is 2.97. The molecule has 0 spiro atoms. The summed E-state index contributed by atoms with van der Waals surface area (Å²) in [7, 11) is 1.82. The minimum Gasteiger partial charge on any atom is -0.487 e. The number of rotatable bonds is 7. The number of hydrogen-bond donors (Lipinski definition) is 2. The summed E-state index contributed by atoms with van der Waals surface area (Å²) in [4.78, 5) is 15.8. The molecule has 2 N–H and O–H groups in total. The predicted molar refractivity (Wildman–Crippen MR) is 94.6 cm³/mol. The summed E-state index contributed by atoms with van der Waals surface area (Å²) < 4.78 is 5.63. The van der Waals surface area contributed by atoms with Crippen molar-refractivity contribution in [1.29, 1.82) is 0 Å². The summed E-state index contributed by atoms with van der Waals surface area (Å²) in [6.07, 6.45) is 0.445. The fourth-order valence-corrected chi connectivity index (χ4v) is 2.13. The van der Waals surface area contributed by atoms with Crippen molar-refractivity contribution in [2.24, 2.45) is 0 Å². The summed E-state index contributed by atoms with van der Waals surface area (Å²) in [6.45, 7) is 1.09. The summed E-state index contributed by atoms with van der Waals surface area (Å²) >= 11 is 1.54. The third-order valence-electron chi connectivity index (χ3n) is 2.59. The standard InChI is InChI=1S/C14H17N3O2S.2ClH/c1-15-6-5-14(18)17-11-3-2-4-13(7-11)19-8-12-9-20-10-16-12;;/h2-4,7,9-10,15H,5-6,8H2,1H3,(H,17,18);2*1H. The fraction of sp³-hybridized carbons (Fsp3) is 0.286. The van der Waals surface area contributed by atoms with Gasteiger partial charge in [0.1, 0.15) is 12.4 Å². The fourth-order valence-electron chi connectivity index (χ4n) is 1.59. The highest BCUT2D eigenvalue weighted by Gasteiger charge is 2.03. The van der Waals surface area contributed by atoms with E-state index in [0.29, 0.717) is 25.3 Å². The van der Waals surface area contributed by atoms with Crippen molar-refractivity contribution in [2.75, 3.05) is 18.9 Å². The minimum atomic E-state index is -0.0176. The molecule has 0 saturated heterocycles. The van der Waals surface area contributed by atoms with Gasteiger partial charge >= 0.3 is 0 Å². The monoisotopic (exact) mass is 363 g/mol. The second-order valence-corrected chi connectivity index (χ2v) is 4.92. The molecule has 0 atom stereocenters. The molecule has 122 valence electrons. The Balaban J connectivity index is 0.00000220. The van der Waals surface area contributed by atoms with Crippen LogP contribution in [0.2, 0.25) is 0 Å². The van der Waals surface area contributed by atoms with Crippen molar-refractivity contribution in [3.05, 3.63) is 40.8 Å². The van der Waals surface area contributed by atoms with Gasteiger partial charge < -0.3 is 15.4 Å². The van der Waals surface area contributed by atoms with E-state index in [1.54, 1.807) is 5.51 Å². The quantitative estimate of drug-likeness (QED) is 0.793. The highest BCUT2D eigenvalue weighted by atomic mass is 35.5. The third-order valence-corrected chi connectivity index (χ3v) is 3.23. The predicted octanol–water partition coefficient (Wildman–Crippen LogP) is 3.11. The number of aromatic nitrogens is 1. The number of nitrogens with zero attached hydrogens (tertiary/aromatic N) is 1. The largest absolute Gasteiger partial charge is 0.487 e. The summed E-state index contributed by atoms with van der Waals surface area (Å²) in [5.41, 5.74) is 3.41. The SMILES string of the molecule is CNCCC(=O)Nc1cccc(OCc2cscn2)c1.Cl.Cl. The number of ether oxygens (including phenoxy) is 1. The maximum Gasteiger partial charge on any atom is 0.225 e. The number of hydrogen-bond acceptors (Lipinski definition) is 5. The highest BCUT2D eigenvalue weighted by molar-refractivity contribution is 7.07. The molecule has 0 bridgehead atoms. The van der Waals surface area contributed by atoms with Crippen LogP contribution in [-0.4, -0.2) is 24.5 Å². The lowest BCUT2D eigenvalue weighted by atomic mass is 10.3. The minimum absolute atomic E-state index is 0. The Bertz CT molecular complexity index is 553. The molecular formula is C14H19Cl2N3O2S. The van der Waals surface area contributed by atoms with E-state index in [4.69, 9.17) is 4.74 Å². The number of halogens is 2. The van der Waals surface area contributed by atoms with Crippen molar-refractivity contribution in [1.82, 2.24) is 10.3 Å². The Morgan fingerprint density at radius 3 is 2.86 bits per heavy atom. The molecule has 0 radical (unpaired) electrons. The van der Waals surface area contributed by atoms with Crippen molar-refractivity contribution in [2.45, 2.75) is 13.0 Å². The van der Waals surface area contributed by atoms with Gasteiger partial charge in [-0.25, -0.2) is 4.98 Å². The van der Waals surface area contributed by atoms with Crippen LogP contribution in [0.1, 0.15) is 12.1 Å². The van der Waals surface area contributed by atoms with E-state index in [9.17, 15) is 4.79 Å². The molecule has 0 aliphatic carbocycles. The first-order valence-electron chi connectivity index (χ1n) is 6.32. The van der Waals surface area contributed by atoms with Gasteiger partial charge in [-0.1, -0.05) is 6.07 Å². The molecule has 1 heterocycles. The van der Waals surface area contributed by atoms with Crippen LogP contribution in [0.4, 0.5) is 5.69 Å². The van der Waals surface area contributed by atoms with Gasteiger partial charge in [0.2, 0.25) is 5.91 Å². The zero-order chi connectivity index (χ0) is 14.2. The highest BCUT2D eigenvalue weighted by Crippen LogP contribution is 2.18. The number of amides is 1. The van der Waals surface area contributed by atoms with E-state index in [0.717, 1.165) is 11.4 Å². The van der Waals surface area contributed by atoms with Crippen LogP contribution in [0, 0.1) is 0 Å². The molecular weight excluding hydrogens is 345 g/mol. The first kappa shape index (κ1) is 20.7. The molecule has 0 fully saturated rings. The van der Waals surface area contributed by atoms with Crippen molar-refractivity contribution in [3.63, 3.8) is 0 Å². The molecule has 0 saturated carbocycles. The summed E-state index contributed by atoms with van der Waals surface area (Å²) in [6, 6.07) is 7.36. The van der Waals surface area contributed by atoms with E-state index in [-0.39, 0.29) is 30.7 Å². The molecule has 1 aromatic carbocycles. The van der Waals surface area contributed by atoms with Crippen LogP contribution in [-0.2, 0) is 11.4 Å². The maximum atomic E-state index is 11.6. The molecule has 5 nitrogen and oxygen atoms in total. The zero-order valence-corrected chi connectivity index (χ0v) is 14.5.